The van der Waals surface area contributed by atoms with E-state index in [0.29, 0.717) is 40.4 Å². The molecule has 6 nitrogen and oxygen atoms in total. The zero-order valence-corrected chi connectivity index (χ0v) is 16.2. The number of aromatic nitrogens is 1. The molecule has 0 bridgehead atoms. The number of likely N-dealkylation sites (N-methyl/N-ethyl adjacent to an activating group) is 1. The third-order valence-electron chi connectivity index (χ3n) is 5.56. The Morgan fingerprint density at radius 3 is 2.46 bits per heavy atom. The number of amides is 2. The number of primary amides is 1. The summed E-state index contributed by atoms with van der Waals surface area (Å²) >= 11 is 5.99. The Hall–Kier alpha value is -2.86. The number of carbonyl (C=O) groups is 2. The Morgan fingerprint density at radius 1 is 1.14 bits per heavy atom. The highest BCUT2D eigenvalue weighted by atomic mass is 35.5. The van der Waals surface area contributed by atoms with Crippen LogP contribution in [0.4, 0.5) is 0 Å². The molecule has 0 radical (unpaired) electrons. The summed E-state index contributed by atoms with van der Waals surface area (Å²) < 4.78 is 5.76. The summed E-state index contributed by atoms with van der Waals surface area (Å²) in [5.41, 5.74) is 7.29. The van der Waals surface area contributed by atoms with E-state index in [4.69, 9.17) is 21.8 Å². The van der Waals surface area contributed by atoms with Gasteiger partial charge in [-0.15, -0.1) is 0 Å². The summed E-state index contributed by atoms with van der Waals surface area (Å²) in [5.74, 6) is -0.215. The molecule has 2 aromatic carbocycles. The van der Waals surface area contributed by atoms with Crippen molar-refractivity contribution in [1.82, 2.24) is 9.88 Å². The number of nitrogens with two attached hydrogens (primary N) is 1. The van der Waals surface area contributed by atoms with Crippen molar-refractivity contribution in [3.63, 3.8) is 0 Å². The van der Waals surface area contributed by atoms with E-state index in [1.807, 2.05) is 0 Å². The maximum Gasteiger partial charge on any atom is 0.254 e. The second-order valence-electron chi connectivity index (χ2n) is 7.18. The second-order valence-corrected chi connectivity index (χ2v) is 7.61. The van der Waals surface area contributed by atoms with Crippen molar-refractivity contribution in [1.29, 1.82) is 0 Å². The smallest absolute Gasteiger partial charge is 0.254 e. The lowest BCUT2D eigenvalue weighted by molar-refractivity contribution is -0.127. The molecule has 7 heteroatoms. The summed E-state index contributed by atoms with van der Waals surface area (Å²) in [4.78, 5) is 30.9. The van der Waals surface area contributed by atoms with Gasteiger partial charge in [0, 0.05) is 23.2 Å². The Balaban J connectivity index is 1.60. The largest absolute Gasteiger partial charge is 0.436 e. The van der Waals surface area contributed by atoms with Gasteiger partial charge in [-0.2, -0.15) is 0 Å². The van der Waals surface area contributed by atoms with E-state index in [-0.39, 0.29) is 5.91 Å². The molecule has 1 fully saturated rings. The molecule has 2 N–H and O–H groups in total. The molecule has 1 aliphatic carbocycles. The van der Waals surface area contributed by atoms with E-state index in [9.17, 15) is 9.59 Å². The van der Waals surface area contributed by atoms with Crippen molar-refractivity contribution in [3.8, 4) is 11.5 Å². The minimum atomic E-state index is -0.894. The van der Waals surface area contributed by atoms with Gasteiger partial charge >= 0.3 is 0 Å². The molecule has 0 atom stereocenters. The minimum Gasteiger partial charge on any atom is -0.436 e. The summed E-state index contributed by atoms with van der Waals surface area (Å²) in [5, 5.41) is 0.589. The summed E-state index contributed by atoms with van der Waals surface area (Å²) in [6.07, 6.45) is 2.99. The SMILES string of the molecule is CN(C(=O)c1ccc(-c2nc3cc(Cl)ccc3o2)cc1)C1(C(N)=O)CCCC1. The van der Waals surface area contributed by atoms with E-state index >= 15 is 0 Å². The van der Waals surface area contributed by atoms with Crippen LogP contribution in [0.3, 0.4) is 0 Å². The standard InChI is InChI=1S/C21H20ClN3O3/c1-25(21(20(23)27)10-2-3-11-21)19(26)14-6-4-13(5-7-14)18-24-16-12-15(22)8-9-17(16)28-18/h4-9,12H,2-3,10-11H2,1H3,(H2,23,27). The summed E-state index contributed by atoms with van der Waals surface area (Å²) in [6, 6.07) is 12.2. The highest BCUT2D eigenvalue weighted by Crippen LogP contribution is 2.35. The molecule has 1 saturated carbocycles. The molecule has 28 heavy (non-hydrogen) atoms. The molecule has 0 unspecified atom stereocenters. The lowest BCUT2D eigenvalue weighted by atomic mass is 9.93. The van der Waals surface area contributed by atoms with Crippen LogP contribution in [0.25, 0.3) is 22.6 Å². The number of carbonyl (C=O) groups excluding carboxylic acids is 2. The number of nitrogens with zero attached hydrogens (tertiary/aromatic N) is 2. The zero-order valence-electron chi connectivity index (χ0n) is 15.4. The third kappa shape index (κ3) is 3.03. The van der Waals surface area contributed by atoms with E-state index in [0.717, 1.165) is 18.4 Å². The fourth-order valence-corrected chi connectivity index (χ4v) is 4.04. The van der Waals surface area contributed by atoms with Crippen LogP contribution in [0.1, 0.15) is 36.0 Å². The topological polar surface area (TPSA) is 89.4 Å². The Bertz CT molecular complexity index is 1050. The molecule has 0 spiro atoms. The highest BCUT2D eigenvalue weighted by Gasteiger charge is 2.45. The van der Waals surface area contributed by atoms with E-state index in [2.05, 4.69) is 4.98 Å². The lowest BCUT2D eigenvalue weighted by Gasteiger charge is -2.36. The zero-order chi connectivity index (χ0) is 19.9. The fraction of sp³-hybridized carbons (Fsp3) is 0.286. The van der Waals surface area contributed by atoms with Crippen LogP contribution in [0.2, 0.25) is 5.02 Å². The Labute approximate surface area is 167 Å². The van der Waals surface area contributed by atoms with Gasteiger partial charge in [0.25, 0.3) is 5.91 Å². The Kier molecular flexibility index (Phi) is 4.59. The molecule has 1 aliphatic rings. The van der Waals surface area contributed by atoms with Crippen LogP contribution in [-0.2, 0) is 4.79 Å². The summed E-state index contributed by atoms with van der Waals surface area (Å²) in [6.45, 7) is 0. The van der Waals surface area contributed by atoms with Gasteiger partial charge in [0.1, 0.15) is 11.1 Å². The highest BCUT2D eigenvalue weighted by molar-refractivity contribution is 6.31. The summed E-state index contributed by atoms with van der Waals surface area (Å²) in [7, 11) is 1.65. The van der Waals surface area contributed by atoms with Crippen LogP contribution in [0.5, 0.6) is 0 Å². The van der Waals surface area contributed by atoms with Gasteiger partial charge in [0.15, 0.2) is 5.58 Å². The number of benzene rings is 2. The predicted octanol–water partition coefficient (Wildman–Crippen LogP) is 4.02. The molecular weight excluding hydrogens is 378 g/mol. The molecule has 144 valence electrons. The van der Waals surface area contributed by atoms with Crippen molar-refractivity contribution in [2.75, 3.05) is 7.05 Å². The first-order valence-corrected chi connectivity index (χ1v) is 9.53. The van der Waals surface area contributed by atoms with Crippen molar-refractivity contribution in [2.45, 2.75) is 31.2 Å². The average Bonchev–Trinajstić information content (AvgIpc) is 3.34. The van der Waals surface area contributed by atoms with E-state index < -0.39 is 11.4 Å². The van der Waals surface area contributed by atoms with Crippen molar-refractivity contribution >= 4 is 34.5 Å². The quantitative estimate of drug-likeness (QED) is 0.720. The van der Waals surface area contributed by atoms with Crippen LogP contribution in [0.15, 0.2) is 46.9 Å². The van der Waals surface area contributed by atoms with E-state index in [1.54, 1.807) is 49.5 Å². The maximum absolute atomic E-state index is 12.9. The number of fused-ring (bicyclic) bond motifs is 1. The number of hydrogen-bond acceptors (Lipinski definition) is 4. The number of oxazole rings is 1. The molecule has 1 aromatic heterocycles. The molecule has 2 amide bonds. The number of halogens is 1. The van der Waals surface area contributed by atoms with Gasteiger partial charge in [-0.05, 0) is 55.3 Å². The van der Waals surface area contributed by atoms with Crippen LogP contribution in [0, 0.1) is 0 Å². The first kappa shape index (κ1) is 18.5. The van der Waals surface area contributed by atoms with E-state index in [1.165, 1.54) is 4.90 Å². The van der Waals surface area contributed by atoms with Crippen molar-refractivity contribution < 1.29 is 14.0 Å². The predicted molar refractivity (Wildman–Crippen MR) is 107 cm³/mol. The molecule has 1 heterocycles. The second kappa shape index (κ2) is 6.95. The Morgan fingerprint density at radius 2 is 1.82 bits per heavy atom. The van der Waals surface area contributed by atoms with Gasteiger partial charge in [-0.25, -0.2) is 4.98 Å². The number of rotatable bonds is 4. The van der Waals surface area contributed by atoms with Crippen LogP contribution in [-0.4, -0.2) is 34.3 Å². The van der Waals surface area contributed by atoms with Gasteiger partial charge in [-0.1, -0.05) is 24.4 Å². The van der Waals surface area contributed by atoms with Gasteiger partial charge in [0.05, 0.1) is 0 Å². The van der Waals surface area contributed by atoms with Crippen molar-refractivity contribution in [2.24, 2.45) is 5.73 Å². The average molecular weight is 398 g/mol. The monoisotopic (exact) mass is 397 g/mol. The van der Waals surface area contributed by atoms with Crippen molar-refractivity contribution in [3.05, 3.63) is 53.1 Å². The molecule has 0 saturated heterocycles. The molecule has 0 aliphatic heterocycles. The molecule has 4 rings (SSSR count). The minimum absolute atomic E-state index is 0.225. The van der Waals surface area contributed by atoms with Crippen LogP contribution >= 0.6 is 11.6 Å². The maximum atomic E-state index is 12.9. The third-order valence-corrected chi connectivity index (χ3v) is 5.80. The van der Waals surface area contributed by atoms with Gasteiger partial charge in [0.2, 0.25) is 11.8 Å². The first-order chi connectivity index (χ1) is 13.4. The fourth-order valence-electron chi connectivity index (χ4n) is 3.87. The molecule has 3 aromatic rings. The lowest BCUT2D eigenvalue weighted by Crippen LogP contribution is -2.56. The normalized spacial score (nSPS) is 15.6. The van der Waals surface area contributed by atoms with Gasteiger partial charge in [-0.3, -0.25) is 9.59 Å². The van der Waals surface area contributed by atoms with Gasteiger partial charge < -0.3 is 15.1 Å². The van der Waals surface area contributed by atoms with Crippen LogP contribution < -0.4 is 5.73 Å². The molecular formula is C21H20ClN3O3. The first-order valence-electron chi connectivity index (χ1n) is 9.15. The number of hydrogen-bond donors (Lipinski definition) is 1.